The maximum Gasteiger partial charge on any atom is 0.138 e. The summed E-state index contributed by atoms with van der Waals surface area (Å²) in [4.78, 5) is 1.72. The van der Waals surface area contributed by atoms with Gasteiger partial charge in [-0.2, -0.15) is 0 Å². The summed E-state index contributed by atoms with van der Waals surface area (Å²) in [6, 6.07) is 0. The SMILES string of the molecule is OC[C@H](O)C#CC#CCCCC/C=C/C#C/C=C\Br. The van der Waals surface area contributed by atoms with E-state index in [0.717, 1.165) is 25.7 Å². The molecule has 0 fully saturated rings. The van der Waals surface area contributed by atoms with Crippen LogP contribution in [0.2, 0.25) is 0 Å². The van der Waals surface area contributed by atoms with Crippen LogP contribution < -0.4 is 0 Å². The van der Waals surface area contributed by atoms with Crippen LogP contribution in [-0.4, -0.2) is 22.9 Å². The Kier molecular flexibility index (Phi) is 13.5. The average Bonchev–Trinajstić information content (AvgIpc) is 2.43. The van der Waals surface area contributed by atoms with Crippen LogP contribution in [0.1, 0.15) is 25.7 Å². The van der Waals surface area contributed by atoms with Crippen LogP contribution in [0.4, 0.5) is 0 Å². The number of aliphatic hydroxyl groups is 2. The highest BCUT2D eigenvalue weighted by Gasteiger charge is 1.90. The van der Waals surface area contributed by atoms with E-state index >= 15 is 0 Å². The van der Waals surface area contributed by atoms with Gasteiger partial charge >= 0.3 is 0 Å². The molecular formula is C16H17BrO2. The highest BCUT2D eigenvalue weighted by molar-refractivity contribution is 9.11. The number of halogens is 1. The molecule has 0 saturated heterocycles. The summed E-state index contributed by atoms with van der Waals surface area (Å²) in [5.74, 6) is 16.2. The minimum absolute atomic E-state index is 0.352. The van der Waals surface area contributed by atoms with Crippen molar-refractivity contribution >= 4 is 15.9 Å². The van der Waals surface area contributed by atoms with Gasteiger partial charge in [0.2, 0.25) is 0 Å². The standard InChI is InChI=1S/C16H17BrO2/c17-14-12-10-8-6-4-2-1-3-5-7-9-11-13-16(19)15-18/h4,6,12,14,16,18-19H,1-3,5,15H2/b6-4+,14-12-/t16-/m1/s1. The molecule has 0 heterocycles. The molecule has 3 heteroatoms. The second-order valence-corrected chi connectivity index (χ2v) is 4.03. The zero-order chi connectivity index (χ0) is 14.2. The molecule has 0 aliphatic carbocycles. The van der Waals surface area contributed by atoms with E-state index in [9.17, 15) is 0 Å². The van der Waals surface area contributed by atoms with Gasteiger partial charge in [0.15, 0.2) is 0 Å². The van der Waals surface area contributed by atoms with Gasteiger partial charge in [0.25, 0.3) is 0 Å². The average molecular weight is 321 g/mol. The number of hydrogen-bond acceptors (Lipinski definition) is 2. The molecule has 0 unspecified atom stereocenters. The van der Waals surface area contributed by atoms with Crippen LogP contribution in [0.5, 0.6) is 0 Å². The highest BCUT2D eigenvalue weighted by atomic mass is 79.9. The molecule has 0 aromatic rings. The monoisotopic (exact) mass is 320 g/mol. The van der Waals surface area contributed by atoms with Crippen molar-refractivity contribution in [3.8, 4) is 35.5 Å². The number of allylic oxidation sites excluding steroid dienone is 3. The molecule has 19 heavy (non-hydrogen) atoms. The second-order valence-electron chi connectivity index (χ2n) is 3.50. The lowest BCUT2D eigenvalue weighted by Gasteiger charge is -1.91. The highest BCUT2D eigenvalue weighted by Crippen LogP contribution is 1.99. The van der Waals surface area contributed by atoms with Crippen LogP contribution in [-0.2, 0) is 0 Å². The third kappa shape index (κ3) is 14.5. The lowest BCUT2D eigenvalue weighted by Crippen LogP contribution is -2.07. The first-order valence-corrected chi connectivity index (χ1v) is 6.91. The number of rotatable bonds is 5. The molecule has 2 nitrogen and oxygen atoms in total. The Morgan fingerprint density at radius 1 is 1.11 bits per heavy atom. The molecule has 2 N–H and O–H groups in total. The van der Waals surface area contributed by atoms with Gasteiger partial charge in [0.05, 0.1) is 6.61 Å². The van der Waals surface area contributed by atoms with Crippen molar-refractivity contribution in [2.24, 2.45) is 0 Å². The molecule has 0 aromatic carbocycles. The van der Waals surface area contributed by atoms with Crippen molar-refractivity contribution in [2.75, 3.05) is 6.61 Å². The van der Waals surface area contributed by atoms with E-state index in [1.165, 1.54) is 0 Å². The third-order valence-electron chi connectivity index (χ3n) is 1.92. The first kappa shape index (κ1) is 17.6. The molecule has 100 valence electrons. The summed E-state index contributed by atoms with van der Waals surface area (Å²) in [5.41, 5.74) is 0. The van der Waals surface area contributed by atoms with Crippen molar-refractivity contribution in [2.45, 2.75) is 31.8 Å². The molecule has 0 aliphatic rings. The van der Waals surface area contributed by atoms with Crippen molar-refractivity contribution < 1.29 is 10.2 Å². The van der Waals surface area contributed by atoms with Crippen LogP contribution in [0, 0.1) is 35.5 Å². The Balaban J connectivity index is 3.58. The fourth-order valence-corrected chi connectivity index (χ4v) is 1.15. The first-order valence-electron chi connectivity index (χ1n) is 6.00. The maximum absolute atomic E-state index is 8.92. The number of unbranched alkanes of at least 4 members (excludes halogenated alkanes) is 3. The van der Waals surface area contributed by atoms with Gasteiger partial charge in [0.1, 0.15) is 6.10 Å². The van der Waals surface area contributed by atoms with Gasteiger partial charge in [-0.1, -0.05) is 45.7 Å². The van der Waals surface area contributed by atoms with Gasteiger partial charge in [-0.15, -0.1) is 0 Å². The summed E-state index contributed by atoms with van der Waals surface area (Å²) in [5, 5.41) is 17.4. The quantitative estimate of drug-likeness (QED) is 0.603. The van der Waals surface area contributed by atoms with Crippen molar-refractivity contribution in [1.82, 2.24) is 0 Å². The molecule has 0 aromatic heterocycles. The Labute approximate surface area is 123 Å². The van der Waals surface area contributed by atoms with Crippen LogP contribution in [0.25, 0.3) is 0 Å². The molecule has 0 bridgehead atoms. The summed E-state index contributed by atoms with van der Waals surface area (Å²) < 4.78 is 0. The summed E-state index contributed by atoms with van der Waals surface area (Å²) >= 11 is 3.13. The zero-order valence-corrected chi connectivity index (χ0v) is 12.3. The number of hydrogen-bond donors (Lipinski definition) is 2. The van der Waals surface area contributed by atoms with Crippen LogP contribution in [0.15, 0.2) is 23.2 Å². The van der Waals surface area contributed by atoms with E-state index in [4.69, 9.17) is 10.2 Å². The van der Waals surface area contributed by atoms with Gasteiger partial charge < -0.3 is 10.2 Å². The minimum atomic E-state index is -0.986. The zero-order valence-electron chi connectivity index (χ0n) is 10.7. The van der Waals surface area contributed by atoms with Gasteiger partial charge in [-0.25, -0.2) is 0 Å². The van der Waals surface area contributed by atoms with Gasteiger partial charge in [-0.05, 0) is 48.2 Å². The molecule has 0 amide bonds. The van der Waals surface area contributed by atoms with Gasteiger partial charge in [0, 0.05) is 6.42 Å². The van der Waals surface area contributed by atoms with Crippen LogP contribution >= 0.6 is 15.9 Å². The number of aliphatic hydroxyl groups excluding tert-OH is 2. The van der Waals surface area contributed by atoms with Gasteiger partial charge in [-0.3, -0.25) is 0 Å². The van der Waals surface area contributed by atoms with Crippen LogP contribution in [0.3, 0.4) is 0 Å². The Bertz CT molecular complexity index is 458. The fraction of sp³-hybridized carbons (Fsp3) is 0.375. The largest absolute Gasteiger partial charge is 0.393 e. The Hall–Kier alpha value is -1.44. The lowest BCUT2D eigenvalue weighted by molar-refractivity contribution is 0.138. The normalized spacial score (nSPS) is 11.1. The molecule has 0 aliphatic heterocycles. The first-order chi connectivity index (χ1) is 9.31. The lowest BCUT2D eigenvalue weighted by atomic mass is 10.2. The molecule has 0 rings (SSSR count). The van der Waals surface area contributed by atoms with E-state index in [1.807, 2.05) is 12.2 Å². The van der Waals surface area contributed by atoms with E-state index in [1.54, 1.807) is 11.1 Å². The summed E-state index contributed by atoms with van der Waals surface area (Å²) in [6.07, 6.45) is 8.48. The Morgan fingerprint density at radius 2 is 1.89 bits per heavy atom. The van der Waals surface area contributed by atoms with E-state index in [2.05, 4.69) is 51.5 Å². The van der Waals surface area contributed by atoms with E-state index in [0.29, 0.717) is 0 Å². The van der Waals surface area contributed by atoms with E-state index < -0.39 is 6.10 Å². The van der Waals surface area contributed by atoms with Crippen molar-refractivity contribution in [3.05, 3.63) is 23.2 Å². The molecule has 0 radical (unpaired) electrons. The predicted molar refractivity (Wildman–Crippen MR) is 82.1 cm³/mol. The smallest absolute Gasteiger partial charge is 0.138 e. The fourth-order valence-electron chi connectivity index (χ4n) is 1.02. The summed E-state index contributed by atoms with van der Waals surface area (Å²) in [6.45, 7) is -0.352. The molecule has 0 spiro atoms. The Morgan fingerprint density at radius 3 is 2.63 bits per heavy atom. The topological polar surface area (TPSA) is 40.5 Å². The second kappa shape index (κ2) is 14.6. The van der Waals surface area contributed by atoms with Crippen molar-refractivity contribution in [3.63, 3.8) is 0 Å². The van der Waals surface area contributed by atoms with Crippen molar-refractivity contribution in [1.29, 1.82) is 0 Å². The molecular weight excluding hydrogens is 304 g/mol. The predicted octanol–water partition coefficient (Wildman–Crippen LogP) is 2.38. The minimum Gasteiger partial charge on any atom is -0.393 e. The molecule has 0 saturated carbocycles. The third-order valence-corrected chi connectivity index (χ3v) is 2.18. The summed E-state index contributed by atoms with van der Waals surface area (Å²) in [7, 11) is 0. The van der Waals surface area contributed by atoms with E-state index in [-0.39, 0.29) is 6.61 Å². The molecule has 1 atom stereocenters. The maximum atomic E-state index is 8.92.